The van der Waals surface area contributed by atoms with Gasteiger partial charge in [0.25, 0.3) is 5.22 Å². The molecule has 3 aromatic rings. The molecular formula is C20H19NO4S. The first-order chi connectivity index (χ1) is 12.4. The maximum Gasteiger partial charge on any atom is 0.317 e. The van der Waals surface area contributed by atoms with Gasteiger partial charge in [-0.2, -0.15) is 0 Å². The molecule has 3 rings (SSSR count). The molecular weight excluding hydrogens is 350 g/mol. The van der Waals surface area contributed by atoms with Crippen LogP contribution in [0.2, 0.25) is 0 Å². The van der Waals surface area contributed by atoms with Crippen LogP contribution in [0.4, 0.5) is 0 Å². The molecule has 0 bridgehead atoms. The number of rotatable bonds is 6. The largest absolute Gasteiger partial charge is 0.454 e. The second kappa shape index (κ2) is 7.74. The standard InChI is InChI=1S/C20H19NO4S/c1-12-8-9-15(10-13(12)2)19(23)14(3)24-18(22)11-26-20-21-16-6-4-5-7-17(16)25-20/h4-10,14H,11H2,1-3H3. The minimum atomic E-state index is -0.839. The molecule has 0 aliphatic rings. The number of nitrogens with zero attached hydrogens (tertiary/aromatic N) is 1. The van der Waals surface area contributed by atoms with E-state index in [1.165, 1.54) is 0 Å². The number of carbonyl (C=O) groups excluding carboxylic acids is 2. The number of carbonyl (C=O) groups is 2. The van der Waals surface area contributed by atoms with Gasteiger partial charge in [0.15, 0.2) is 11.7 Å². The summed E-state index contributed by atoms with van der Waals surface area (Å²) in [5.74, 6) is -0.674. The highest BCUT2D eigenvalue weighted by molar-refractivity contribution is 7.99. The number of hydrogen-bond donors (Lipinski definition) is 0. The highest BCUT2D eigenvalue weighted by atomic mass is 32.2. The van der Waals surface area contributed by atoms with Crippen LogP contribution in [0.5, 0.6) is 0 Å². The first kappa shape index (κ1) is 18.2. The van der Waals surface area contributed by atoms with Gasteiger partial charge in [-0.1, -0.05) is 36.0 Å². The van der Waals surface area contributed by atoms with Gasteiger partial charge in [0.05, 0.1) is 0 Å². The molecule has 0 saturated carbocycles. The van der Waals surface area contributed by atoms with E-state index in [-0.39, 0.29) is 11.5 Å². The van der Waals surface area contributed by atoms with Gasteiger partial charge in [0, 0.05) is 5.56 Å². The number of ketones is 1. The zero-order valence-corrected chi connectivity index (χ0v) is 15.6. The van der Waals surface area contributed by atoms with Crippen molar-refractivity contribution < 1.29 is 18.7 Å². The normalized spacial score (nSPS) is 12.1. The van der Waals surface area contributed by atoms with Gasteiger partial charge in [-0.3, -0.25) is 9.59 Å². The van der Waals surface area contributed by atoms with Crippen LogP contribution in [-0.2, 0) is 9.53 Å². The number of fused-ring (bicyclic) bond motifs is 1. The third-order valence-corrected chi connectivity index (χ3v) is 4.86. The fourth-order valence-electron chi connectivity index (χ4n) is 2.45. The number of oxazole rings is 1. The van der Waals surface area contributed by atoms with Gasteiger partial charge < -0.3 is 9.15 Å². The Labute approximate surface area is 155 Å². The Hall–Kier alpha value is -2.60. The summed E-state index contributed by atoms with van der Waals surface area (Å²) in [4.78, 5) is 28.7. The molecule has 1 atom stereocenters. The molecule has 134 valence electrons. The summed E-state index contributed by atoms with van der Waals surface area (Å²) in [6, 6.07) is 12.8. The number of Topliss-reactive ketones (excluding diaryl/α,β-unsaturated/α-hetero) is 1. The fourth-order valence-corrected chi connectivity index (χ4v) is 3.07. The third-order valence-electron chi connectivity index (χ3n) is 4.06. The monoisotopic (exact) mass is 369 g/mol. The smallest absolute Gasteiger partial charge is 0.317 e. The molecule has 2 aromatic carbocycles. The summed E-state index contributed by atoms with van der Waals surface area (Å²) < 4.78 is 10.8. The average molecular weight is 369 g/mol. The molecule has 6 heteroatoms. The van der Waals surface area contributed by atoms with E-state index in [9.17, 15) is 9.59 Å². The molecule has 0 aliphatic heterocycles. The van der Waals surface area contributed by atoms with Crippen molar-refractivity contribution in [2.45, 2.75) is 32.1 Å². The van der Waals surface area contributed by atoms with Crippen molar-refractivity contribution in [1.82, 2.24) is 4.98 Å². The molecule has 0 amide bonds. The Kier molecular flexibility index (Phi) is 5.42. The maximum atomic E-state index is 12.4. The molecule has 1 heterocycles. The average Bonchev–Trinajstić information content (AvgIpc) is 3.04. The van der Waals surface area contributed by atoms with Gasteiger partial charge in [-0.05, 0) is 50.1 Å². The maximum absolute atomic E-state index is 12.4. The summed E-state index contributed by atoms with van der Waals surface area (Å²) in [5, 5.41) is 0.399. The number of aryl methyl sites for hydroxylation is 2. The predicted octanol–water partition coefficient (Wildman–Crippen LogP) is 4.35. The Morgan fingerprint density at radius 2 is 1.92 bits per heavy atom. The first-order valence-electron chi connectivity index (χ1n) is 8.23. The van der Waals surface area contributed by atoms with E-state index in [0.29, 0.717) is 16.4 Å². The van der Waals surface area contributed by atoms with E-state index >= 15 is 0 Å². The van der Waals surface area contributed by atoms with E-state index in [4.69, 9.17) is 9.15 Å². The Morgan fingerprint density at radius 1 is 1.15 bits per heavy atom. The van der Waals surface area contributed by atoms with Crippen molar-refractivity contribution in [3.63, 3.8) is 0 Å². The lowest BCUT2D eigenvalue weighted by Gasteiger charge is -2.12. The number of aromatic nitrogens is 1. The van der Waals surface area contributed by atoms with E-state index in [1.807, 2.05) is 50.2 Å². The van der Waals surface area contributed by atoms with E-state index in [2.05, 4.69) is 4.98 Å². The summed E-state index contributed by atoms with van der Waals surface area (Å²) in [6.07, 6.45) is -0.839. The molecule has 0 radical (unpaired) electrons. The minimum Gasteiger partial charge on any atom is -0.454 e. The van der Waals surface area contributed by atoms with E-state index in [0.717, 1.165) is 28.4 Å². The molecule has 0 aliphatic carbocycles. The zero-order valence-electron chi connectivity index (χ0n) is 14.8. The second-order valence-corrected chi connectivity index (χ2v) is 6.96. The van der Waals surface area contributed by atoms with Crippen molar-refractivity contribution in [3.8, 4) is 0 Å². The van der Waals surface area contributed by atoms with Gasteiger partial charge in [0.2, 0.25) is 5.78 Å². The quantitative estimate of drug-likeness (QED) is 0.365. The Morgan fingerprint density at radius 3 is 2.65 bits per heavy atom. The fraction of sp³-hybridized carbons (Fsp3) is 0.250. The summed E-state index contributed by atoms with van der Waals surface area (Å²) >= 11 is 1.14. The predicted molar refractivity (Wildman–Crippen MR) is 101 cm³/mol. The van der Waals surface area contributed by atoms with Gasteiger partial charge in [-0.15, -0.1) is 0 Å². The van der Waals surface area contributed by atoms with Crippen molar-refractivity contribution in [3.05, 3.63) is 59.2 Å². The first-order valence-corrected chi connectivity index (χ1v) is 9.22. The highest BCUT2D eigenvalue weighted by Gasteiger charge is 2.20. The van der Waals surface area contributed by atoms with Crippen molar-refractivity contribution in [2.24, 2.45) is 0 Å². The topological polar surface area (TPSA) is 69.4 Å². The van der Waals surface area contributed by atoms with Crippen LogP contribution in [0.15, 0.2) is 52.1 Å². The molecule has 0 saturated heterocycles. The molecule has 0 N–H and O–H groups in total. The van der Waals surface area contributed by atoms with Crippen LogP contribution < -0.4 is 0 Å². The lowest BCUT2D eigenvalue weighted by molar-refractivity contribution is -0.143. The SMILES string of the molecule is Cc1ccc(C(=O)C(C)OC(=O)CSc2nc3ccccc3o2)cc1C. The van der Waals surface area contributed by atoms with Crippen molar-refractivity contribution >= 4 is 34.6 Å². The number of thioether (sulfide) groups is 1. The highest BCUT2D eigenvalue weighted by Crippen LogP contribution is 2.23. The number of para-hydroxylation sites is 2. The van der Waals surface area contributed by atoms with Crippen LogP contribution in [0, 0.1) is 13.8 Å². The number of ether oxygens (including phenoxy) is 1. The van der Waals surface area contributed by atoms with Crippen molar-refractivity contribution in [1.29, 1.82) is 0 Å². The minimum absolute atomic E-state index is 0.0252. The van der Waals surface area contributed by atoms with E-state index < -0.39 is 12.1 Å². The van der Waals surface area contributed by atoms with E-state index in [1.54, 1.807) is 13.0 Å². The Balaban J connectivity index is 1.56. The molecule has 5 nitrogen and oxygen atoms in total. The zero-order chi connectivity index (χ0) is 18.7. The summed E-state index contributed by atoms with van der Waals surface area (Å²) in [7, 11) is 0. The Bertz CT molecular complexity index is 930. The van der Waals surface area contributed by atoms with Crippen LogP contribution >= 0.6 is 11.8 Å². The molecule has 26 heavy (non-hydrogen) atoms. The molecule has 1 unspecified atom stereocenters. The lowest BCUT2D eigenvalue weighted by atomic mass is 10.0. The molecule has 0 fully saturated rings. The summed E-state index contributed by atoms with van der Waals surface area (Å²) in [6.45, 7) is 5.51. The van der Waals surface area contributed by atoms with Gasteiger partial charge in [-0.25, -0.2) is 4.98 Å². The van der Waals surface area contributed by atoms with Gasteiger partial charge >= 0.3 is 5.97 Å². The molecule has 1 aromatic heterocycles. The third kappa shape index (κ3) is 4.14. The molecule has 0 spiro atoms. The van der Waals surface area contributed by atoms with Crippen LogP contribution in [-0.4, -0.2) is 28.6 Å². The lowest BCUT2D eigenvalue weighted by Crippen LogP contribution is -2.25. The van der Waals surface area contributed by atoms with Crippen LogP contribution in [0.25, 0.3) is 11.1 Å². The van der Waals surface area contributed by atoms with Crippen LogP contribution in [0.1, 0.15) is 28.4 Å². The summed E-state index contributed by atoms with van der Waals surface area (Å²) in [5.41, 5.74) is 4.09. The van der Waals surface area contributed by atoms with Crippen LogP contribution in [0.3, 0.4) is 0 Å². The number of hydrogen-bond acceptors (Lipinski definition) is 6. The van der Waals surface area contributed by atoms with Gasteiger partial charge in [0.1, 0.15) is 11.3 Å². The number of esters is 1. The van der Waals surface area contributed by atoms with Crippen molar-refractivity contribution in [2.75, 3.05) is 5.75 Å². The second-order valence-electron chi connectivity index (χ2n) is 6.03. The number of benzene rings is 2.